The molecular formula is C19H22FN5O. The van der Waals surface area contributed by atoms with Crippen molar-refractivity contribution in [3.05, 3.63) is 48.3 Å². The summed E-state index contributed by atoms with van der Waals surface area (Å²) >= 11 is 0. The zero-order valence-electron chi connectivity index (χ0n) is 14.6. The van der Waals surface area contributed by atoms with Gasteiger partial charge in [0.05, 0.1) is 12.4 Å². The lowest BCUT2D eigenvalue weighted by Crippen LogP contribution is -2.54. The van der Waals surface area contributed by atoms with Crippen molar-refractivity contribution in [1.29, 1.82) is 0 Å². The van der Waals surface area contributed by atoms with Gasteiger partial charge in [0.1, 0.15) is 0 Å². The first-order valence-corrected chi connectivity index (χ1v) is 9.03. The van der Waals surface area contributed by atoms with E-state index in [9.17, 15) is 9.18 Å². The number of hydrogen-bond acceptors (Lipinski definition) is 5. The second-order valence-electron chi connectivity index (χ2n) is 7.34. The molecule has 1 unspecified atom stereocenters. The lowest BCUT2D eigenvalue weighted by molar-refractivity contribution is -0.138. The van der Waals surface area contributed by atoms with Crippen LogP contribution in [0.4, 0.5) is 10.3 Å². The van der Waals surface area contributed by atoms with E-state index < -0.39 is 5.82 Å². The number of carbonyl (C=O) groups excluding carboxylic acids is 1. The number of halogens is 1. The number of amides is 1. The lowest BCUT2D eigenvalue weighted by Gasteiger charge is -2.48. The summed E-state index contributed by atoms with van der Waals surface area (Å²) in [6.07, 6.45) is 9.53. The summed E-state index contributed by atoms with van der Waals surface area (Å²) in [5, 5.41) is 0. The fraction of sp³-hybridized carbons (Fsp3) is 0.474. The largest absolute Gasteiger partial charge is 0.340 e. The van der Waals surface area contributed by atoms with Crippen molar-refractivity contribution in [3.63, 3.8) is 0 Å². The van der Waals surface area contributed by atoms with Crippen LogP contribution in [0, 0.1) is 11.2 Å². The molecule has 2 aromatic rings. The smallest absolute Gasteiger partial charge is 0.225 e. The Balaban J connectivity index is 1.49. The number of hydrogen-bond donors (Lipinski definition) is 0. The molecule has 26 heavy (non-hydrogen) atoms. The van der Waals surface area contributed by atoms with Gasteiger partial charge in [-0.05, 0) is 30.9 Å². The maximum Gasteiger partial charge on any atom is 0.225 e. The van der Waals surface area contributed by atoms with Crippen molar-refractivity contribution in [2.75, 3.05) is 24.5 Å². The predicted octanol–water partition coefficient (Wildman–Crippen LogP) is 2.42. The molecule has 0 aromatic carbocycles. The Morgan fingerprint density at radius 3 is 2.77 bits per heavy atom. The van der Waals surface area contributed by atoms with Crippen LogP contribution in [0.3, 0.4) is 0 Å². The van der Waals surface area contributed by atoms with E-state index in [4.69, 9.17) is 0 Å². The molecule has 0 N–H and O–H groups in total. The first-order valence-electron chi connectivity index (χ1n) is 9.03. The van der Waals surface area contributed by atoms with Crippen LogP contribution in [-0.4, -0.2) is 45.4 Å². The third-order valence-corrected chi connectivity index (χ3v) is 5.40. The first-order chi connectivity index (χ1) is 12.6. The standard InChI is InChI=1S/C19H22FN5O/c20-16-10-22-18(23-11-16)24-8-2-5-19(13-24)6-4-17(26)25(14-19)12-15-3-1-7-21-9-15/h1,3,7,9-11H,2,4-6,8,12-14H2. The summed E-state index contributed by atoms with van der Waals surface area (Å²) < 4.78 is 13.1. The third kappa shape index (κ3) is 3.52. The van der Waals surface area contributed by atoms with Crippen LogP contribution < -0.4 is 4.90 Å². The molecule has 4 rings (SSSR count). The molecular weight excluding hydrogens is 333 g/mol. The molecule has 136 valence electrons. The predicted molar refractivity (Wildman–Crippen MR) is 94.8 cm³/mol. The summed E-state index contributed by atoms with van der Waals surface area (Å²) in [6.45, 7) is 3.00. The highest BCUT2D eigenvalue weighted by Crippen LogP contribution is 2.40. The molecule has 2 fully saturated rings. The number of nitrogens with zero attached hydrogens (tertiary/aromatic N) is 5. The van der Waals surface area contributed by atoms with Crippen molar-refractivity contribution in [1.82, 2.24) is 19.9 Å². The van der Waals surface area contributed by atoms with Crippen molar-refractivity contribution in [2.45, 2.75) is 32.2 Å². The number of piperidine rings is 2. The highest BCUT2D eigenvalue weighted by atomic mass is 19.1. The monoisotopic (exact) mass is 355 g/mol. The Bertz CT molecular complexity index is 769. The second kappa shape index (κ2) is 6.97. The summed E-state index contributed by atoms with van der Waals surface area (Å²) in [4.78, 5) is 28.9. The fourth-order valence-corrected chi connectivity index (χ4v) is 4.14. The Labute approximate surface area is 152 Å². The maximum atomic E-state index is 13.1. The van der Waals surface area contributed by atoms with Gasteiger partial charge in [0.25, 0.3) is 0 Å². The number of likely N-dealkylation sites (tertiary alicyclic amines) is 1. The van der Waals surface area contributed by atoms with E-state index in [-0.39, 0.29) is 11.3 Å². The van der Waals surface area contributed by atoms with Gasteiger partial charge < -0.3 is 9.80 Å². The summed E-state index contributed by atoms with van der Waals surface area (Å²) in [7, 11) is 0. The minimum Gasteiger partial charge on any atom is -0.340 e. The third-order valence-electron chi connectivity index (χ3n) is 5.40. The normalized spacial score (nSPS) is 23.5. The zero-order chi connectivity index (χ0) is 18.0. The van der Waals surface area contributed by atoms with Gasteiger partial charge in [0, 0.05) is 50.4 Å². The molecule has 0 saturated carbocycles. The van der Waals surface area contributed by atoms with E-state index in [0.29, 0.717) is 18.9 Å². The first kappa shape index (κ1) is 16.9. The van der Waals surface area contributed by atoms with Gasteiger partial charge in [-0.3, -0.25) is 9.78 Å². The van der Waals surface area contributed by atoms with Crippen LogP contribution in [0.25, 0.3) is 0 Å². The Kier molecular flexibility index (Phi) is 4.53. The van der Waals surface area contributed by atoms with Gasteiger partial charge >= 0.3 is 0 Å². The minimum absolute atomic E-state index is 0.0477. The molecule has 1 atom stereocenters. The molecule has 0 radical (unpaired) electrons. The number of pyridine rings is 1. The topological polar surface area (TPSA) is 62.2 Å². The van der Waals surface area contributed by atoms with E-state index in [1.165, 1.54) is 12.4 Å². The molecule has 2 aliphatic heterocycles. The molecule has 7 heteroatoms. The number of rotatable bonds is 3. The Hall–Kier alpha value is -2.57. The quantitative estimate of drug-likeness (QED) is 0.846. The molecule has 2 saturated heterocycles. The van der Waals surface area contributed by atoms with E-state index in [2.05, 4.69) is 19.9 Å². The molecule has 2 aromatic heterocycles. The van der Waals surface area contributed by atoms with Crippen molar-refractivity contribution in [3.8, 4) is 0 Å². The van der Waals surface area contributed by atoms with Gasteiger partial charge in [-0.25, -0.2) is 14.4 Å². The van der Waals surface area contributed by atoms with E-state index in [1.54, 1.807) is 6.20 Å². The zero-order valence-corrected chi connectivity index (χ0v) is 14.6. The van der Waals surface area contributed by atoms with E-state index in [0.717, 1.165) is 44.5 Å². The SMILES string of the molecule is O=C1CCC2(CCCN(c3ncc(F)cn3)C2)CN1Cc1cccnc1. The average molecular weight is 355 g/mol. The van der Waals surface area contributed by atoms with Crippen LogP contribution in [0.15, 0.2) is 36.9 Å². The molecule has 1 spiro atoms. The van der Waals surface area contributed by atoms with E-state index >= 15 is 0 Å². The van der Waals surface area contributed by atoms with Gasteiger partial charge in [-0.1, -0.05) is 6.07 Å². The number of anilines is 1. The van der Waals surface area contributed by atoms with E-state index in [1.807, 2.05) is 23.2 Å². The van der Waals surface area contributed by atoms with Crippen LogP contribution in [-0.2, 0) is 11.3 Å². The second-order valence-corrected chi connectivity index (χ2v) is 7.34. The number of aromatic nitrogens is 3. The van der Waals surface area contributed by atoms with Crippen LogP contribution in [0.1, 0.15) is 31.2 Å². The van der Waals surface area contributed by atoms with Gasteiger partial charge in [0.2, 0.25) is 11.9 Å². The Morgan fingerprint density at radius 2 is 2.00 bits per heavy atom. The van der Waals surface area contributed by atoms with Crippen molar-refractivity contribution >= 4 is 11.9 Å². The highest BCUT2D eigenvalue weighted by Gasteiger charge is 2.42. The molecule has 2 aliphatic rings. The molecule has 4 heterocycles. The highest BCUT2D eigenvalue weighted by molar-refractivity contribution is 5.77. The minimum atomic E-state index is -0.425. The van der Waals surface area contributed by atoms with Gasteiger partial charge in [-0.2, -0.15) is 0 Å². The molecule has 0 aliphatic carbocycles. The van der Waals surface area contributed by atoms with Gasteiger partial charge in [0.15, 0.2) is 5.82 Å². The van der Waals surface area contributed by atoms with Crippen molar-refractivity contribution in [2.24, 2.45) is 5.41 Å². The molecule has 1 amide bonds. The summed E-state index contributed by atoms with van der Waals surface area (Å²) in [5.41, 5.74) is 1.10. The number of carbonyl (C=O) groups is 1. The average Bonchev–Trinajstić information content (AvgIpc) is 2.67. The van der Waals surface area contributed by atoms with Gasteiger partial charge in [-0.15, -0.1) is 0 Å². The Morgan fingerprint density at radius 1 is 1.15 bits per heavy atom. The van der Waals surface area contributed by atoms with Crippen LogP contribution in [0.2, 0.25) is 0 Å². The molecule has 6 nitrogen and oxygen atoms in total. The lowest BCUT2D eigenvalue weighted by atomic mass is 9.73. The van der Waals surface area contributed by atoms with Crippen LogP contribution in [0.5, 0.6) is 0 Å². The fourth-order valence-electron chi connectivity index (χ4n) is 4.14. The summed E-state index contributed by atoms with van der Waals surface area (Å²) in [5.74, 6) is 0.349. The van der Waals surface area contributed by atoms with Crippen molar-refractivity contribution < 1.29 is 9.18 Å². The maximum absolute atomic E-state index is 13.1. The van der Waals surface area contributed by atoms with Crippen LogP contribution >= 0.6 is 0 Å². The summed E-state index contributed by atoms with van der Waals surface area (Å²) in [6, 6.07) is 3.90. The molecule has 0 bridgehead atoms.